The van der Waals surface area contributed by atoms with Gasteiger partial charge in [0.25, 0.3) is 0 Å². The maximum atomic E-state index is 12.9. The van der Waals surface area contributed by atoms with Crippen LogP contribution in [0.5, 0.6) is 5.75 Å². The van der Waals surface area contributed by atoms with Gasteiger partial charge in [0, 0.05) is 30.7 Å². The SMILES string of the molecule is CCCN(CCSc1ccc(OOC(C)=O)c(C)c1)S(=O)(=O)c1ccc(C(F)(F)F)cc1. The van der Waals surface area contributed by atoms with Crippen molar-refractivity contribution in [2.75, 3.05) is 18.8 Å². The predicted molar refractivity (Wildman–Crippen MR) is 115 cm³/mol. The lowest BCUT2D eigenvalue weighted by atomic mass is 10.2. The predicted octanol–water partition coefficient (Wildman–Crippen LogP) is 5.06. The van der Waals surface area contributed by atoms with Crippen molar-refractivity contribution in [1.82, 2.24) is 4.31 Å². The molecule has 0 aliphatic rings. The molecular formula is C21H24F3NO5S2. The van der Waals surface area contributed by atoms with Gasteiger partial charge in [-0.15, -0.1) is 11.8 Å². The van der Waals surface area contributed by atoms with E-state index >= 15 is 0 Å². The van der Waals surface area contributed by atoms with Crippen molar-refractivity contribution >= 4 is 27.8 Å². The zero-order chi connectivity index (χ0) is 23.9. The van der Waals surface area contributed by atoms with Gasteiger partial charge in [0.05, 0.1) is 10.5 Å². The number of rotatable bonds is 10. The van der Waals surface area contributed by atoms with Gasteiger partial charge in [-0.2, -0.15) is 17.5 Å². The third kappa shape index (κ3) is 7.14. The van der Waals surface area contributed by atoms with Crippen LogP contribution in [0.25, 0.3) is 0 Å². The van der Waals surface area contributed by atoms with Crippen LogP contribution >= 0.6 is 11.8 Å². The highest BCUT2D eigenvalue weighted by Crippen LogP contribution is 2.30. The second-order valence-electron chi connectivity index (χ2n) is 6.86. The number of carbonyl (C=O) groups excluding carboxylic acids is 1. The standard InChI is InChI=1S/C21H24F3NO5S2/c1-4-11-25(32(27,28)19-8-5-17(6-9-19)21(22,23)24)12-13-31-18-7-10-20(15(2)14-18)30-29-16(3)26/h5-10,14H,4,11-13H2,1-3H3. The Morgan fingerprint density at radius 3 is 2.28 bits per heavy atom. The monoisotopic (exact) mass is 491 g/mol. The van der Waals surface area contributed by atoms with Gasteiger partial charge in [-0.1, -0.05) is 6.92 Å². The molecule has 0 unspecified atom stereocenters. The summed E-state index contributed by atoms with van der Waals surface area (Å²) in [6.07, 6.45) is -3.97. The number of carbonyl (C=O) groups is 1. The van der Waals surface area contributed by atoms with E-state index in [0.717, 1.165) is 34.7 Å². The lowest BCUT2D eigenvalue weighted by molar-refractivity contribution is -0.211. The van der Waals surface area contributed by atoms with Gasteiger partial charge in [0.1, 0.15) is 0 Å². The fraction of sp³-hybridized carbons (Fsp3) is 0.381. The molecule has 0 aliphatic carbocycles. The third-order valence-corrected chi connectivity index (χ3v) is 7.18. The van der Waals surface area contributed by atoms with Gasteiger partial charge < -0.3 is 0 Å². The topological polar surface area (TPSA) is 72.9 Å². The Morgan fingerprint density at radius 1 is 1.09 bits per heavy atom. The summed E-state index contributed by atoms with van der Waals surface area (Å²) in [7, 11) is -3.93. The lowest BCUT2D eigenvalue weighted by Crippen LogP contribution is -2.33. The molecule has 0 radical (unpaired) electrons. The molecule has 2 aromatic rings. The summed E-state index contributed by atoms with van der Waals surface area (Å²) < 4.78 is 65.4. The highest BCUT2D eigenvalue weighted by atomic mass is 32.2. The molecule has 0 aliphatic heterocycles. The van der Waals surface area contributed by atoms with Crippen molar-refractivity contribution in [3.63, 3.8) is 0 Å². The maximum Gasteiger partial charge on any atom is 0.416 e. The molecule has 0 N–H and O–H groups in total. The van der Waals surface area contributed by atoms with E-state index in [9.17, 15) is 26.4 Å². The minimum atomic E-state index is -4.53. The number of nitrogens with zero attached hydrogens (tertiary/aromatic N) is 1. The van der Waals surface area contributed by atoms with Crippen LogP contribution in [0.3, 0.4) is 0 Å². The normalized spacial score (nSPS) is 12.1. The largest absolute Gasteiger partial charge is 0.416 e. The molecule has 11 heteroatoms. The van der Waals surface area contributed by atoms with E-state index in [1.165, 1.54) is 23.0 Å². The van der Waals surface area contributed by atoms with Gasteiger partial charge >= 0.3 is 12.1 Å². The second kappa shape index (κ2) is 11.1. The van der Waals surface area contributed by atoms with Crippen molar-refractivity contribution in [3.8, 4) is 5.75 Å². The molecule has 0 fully saturated rings. The van der Waals surface area contributed by atoms with Gasteiger partial charge in [0.15, 0.2) is 5.75 Å². The average Bonchev–Trinajstić information content (AvgIpc) is 2.71. The second-order valence-corrected chi connectivity index (χ2v) is 9.97. The Hall–Kier alpha value is -2.24. The Kier molecular flexibility index (Phi) is 8.99. The molecule has 176 valence electrons. The zero-order valence-corrected chi connectivity index (χ0v) is 19.4. The Balaban J connectivity index is 2.05. The molecule has 0 aromatic heterocycles. The van der Waals surface area contributed by atoms with E-state index in [0.29, 0.717) is 17.9 Å². The number of thioether (sulfide) groups is 1. The van der Waals surface area contributed by atoms with Crippen molar-refractivity contribution in [3.05, 3.63) is 53.6 Å². The summed E-state index contributed by atoms with van der Waals surface area (Å²) >= 11 is 1.42. The number of aryl methyl sites for hydroxylation is 1. The number of hydrogen-bond acceptors (Lipinski definition) is 6. The zero-order valence-electron chi connectivity index (χ0n) is 17.8. The van der Waals surface area contributed by atoms with Crippen LogP contribution in [-0.2, 0) is 25.9 Å². The van der Waals surface area contributed by atoms with Gasteiger partial charge in [-0.3, -0.25) is 9.78 Å². The minimum Gasteiger partial charge on any atom is -0.287 e. The first-order valence-electron chi connectivity index (χ1n) is 9.71. The van der Waals surface area contributed by atoms with Crippen LogP contribution in [0, 0.1) is 6.92 Å². The van der Waals surface area contributed by atoms with E-state index < -0.39 is 27.7 Å². The summed E-state index contributed by atoms with van der Waals surface area (Å²) in [5, 5.41) is 0. The Labute approximate surface area is 189 Å². The first-order chi connectivity index (χ1) is 14.9. The molecule has 6 nitrogen and oxygen atoms in total. The summed E-state index contributed by atoms with van der Waals surface area (Å²) in [5.41, 5.74) is -0.162. The fourth-order valence-electron chi connectivity index (χ4n) is 2.74. The van der Waals surface area contributed by atoms with Crippen LogP contribution in [-0.4, -0.2) is 37.5 Å². The highest BCUT2D eigenvalue weighted by molar-refractivity contribution is 7.99. The van der Waals surface area contributed by atoms with Crippen LogP contribution < -0.4 is 4.89 Å². The van der Waals surface area contributed by atoms with Crippen LogP contribution in [0.1, 0.15) is 31.4 Å². The summed E-state index contributed by atoms with van der Waals surface area (Å²) in [5.74, 6) is 0.249. The number of hydrogen-bond donors (Lipinski definition) is 0. The molecule has 0 saturated carbocycles. The molecule has 0 spiro atoms. The molecule has 0 heterocycles. The highest BCUT2D eigenvalue weighted by Gasteiger charge is 2.31. The van der Waals surface area contributed by atoms with Crippen LogP contribution in [0.2, 0.25) is 0 Å². The molecular weight excluding hydrogens is 467 g/mol. The number of benzene rings is 2. The number of alkyl halides is 3. The van der Waals surface area contributed by atoms with Crippen molar-refractivity contribution in [2.45, 2.75) is 43.2 Å². The fourth-order valence-corrected chi connectivity index (χ4v) is 5.36. The van der Waals surface area contributed by atoms with Crippen molar-refractivity contribution in [2.24, 2.45) is 0 Å². The smallest absolute Gasteiger partial charge is 0.287 e. The number of halogens is 3. The molecule has 2 aromatic carbocycles. The Bertz CT molecular complexity index is 1020. The molecule has 0 amide bonds. The van der Waals surface area contributed by atoms with E-state index in [4.69, 9.17) is 4.89 Å². The Morgan fingerprint density at radius 2 is 1.75 bits per heavy atom. The molecule has 0 saturated heterocycles. The third-order valence-electron chi connectivity index (χ3n) is 4.30. The van der Waals surface area contributed by atoms with Gasteiger partial charge in [-0.25, -0.2) is 13.2 Å². The van der Waals surface area contributed by atoms with Crippen LogP contribution in [0.4, 0.5) is 13.2 Å². The summed E-state index contributed by atoms with van der Waals surface area (Å²) in [6.45, 7) is 5.26. The summed E-state index contributed by atoms with van der Waals surface area (Å²) in [6, 6.07) is 8.73. The van der Waals surface area contributed by atoms with Crippen molar-refractivity contribution < 1.29 is 36.2 Å². The van der Waals surface area contributed by atoms with E-state index in [2.05, 4.69) is 4.89 Å². The van der Waals surface area contributed by atoms with Crippen molar-refractivity contribution in [1.29, 1.82) is 0 Å². The van der Waals surface area contributed by atoms with Gasteiger partial charge in [-0.05, 0) is 61.4 Å². The average molecular weight is 492 g/mol. The van der Waals surface area contributed by atoms with Gasteiger partial charge in [0.2, 0.25) is 10.0 Å². The molecule has 32 heavy (non-hydrogen) atoms. The first-order valence-corrected chi connectivity index (χ1v) is 12.1. The summed E-state index contributed by atoms with van der Waals surface area (Å²) in [4.78, 5) is 21.0. The van der Waals surface area contributed by atoms with E-state index in [1.807, 2.05) is 13.0 Å². The molecule has 0 bridgehead atoms. The quantitative estimate of drug-likeness (QED) is 0.263. The van der Waals surface area contributed by atoms with E-state index in [1.54, 1.807) is 19.1 Å². The molecule has 2 rings (SSSR count). The maximum absolute atomic E-state index is 12.9. The number of sulfonamides is 1. The van der Waals surface area contributed by atoms with E-state index in [-0.39, 0.29) is 18.0 Å². The lowest BCUT2D eigenvalue weighted by Gasteiger charge is -2.22. The van der Waals surface area contributed by atoms with Crippen LogP contribution in [0.15, 0.2) is 52.3 Å². The molecule has 0 atom stereocenters. The minimum absolute atomic E-state index is 0.174. The first kappa shape index (κ1) is 26.0.